The first-order valence-corrected chi connectivity index (χ1v) is 8.97. The van der Waals surface area contributed by atoms with Crippen LogP contribution < -0.4 is 17.0 Å². The summed E-state index contributed by atoms with van der Waals surface area (Å²) in [6.07, 6.45) is 2.64. The van der Waals surface area contributed by atoms with Crippen LogP contribution >= 0.6 is 0 Å². The van der Waals surface area contributed by atoms with Crippen molar-refractivity contribution in [2.45, 2.75) is 38.8 Å². The maximum Gasteiger partial charge on any atom is 0.329 e. The number of carbonyl (C=O) groups excluding carboxylic acids is 1. The summed E-state index contributed by atoms with van der Waals surface area (Å²) >= 11 is 0. The molecule has 1 aliphatic heterocycles. The average molecular weight is 356 g/mol. The lowest BCUT2D eigenvalue weighted by atomic mass is 10.0. The third kappa shape index (κ3) is 3.48. The highest BCUT2D eigenvalue weighted by Crippen LogP contribution is 2.31. The van der Waals surface area contributed by atoms with Gasteiger partial charge in [0, 0.05) is 12.6 Å². The van der Waals surface area contributed by atoms with Crippen LogP contribution in [-0.2, 0) is 6.54 Å². The van der Waals surface area contributed by atoms with Gasteiger partial charge in [-0.1, -0.05) is 37.3 Å². The van der Waals surface area contributed by atoms with Crippen molar-refractivity contribution in [2.75, 3.05) is 18.8 Å². The van der Waals surface area contributed by atoms with E-state index in [2.05, 4.69) is 22.0 Å². The van der Waals surface area contributed by atoms with E-state index in [0.29, 0.717) is 13.0 Å². The van der Waals surface area contributed by atoms with Gasteiger partial charge >= 0.3 is 5.69 Å². The minimum atomic E-state index is -0.708. The Balaban J connectivity index is 1.87. The molecule has 1 aromatic heterocycles. The van der Waals surface area contributed by atoms with E-state index in [1.165, 1.54) is 4.57 Å². The second-order valence-electron chi connectivity index (χ2n) is 6.63. The van der Waals surface area contributed by atoms with Gasteiger partial charge < -0.3 is 5.73 Å². The molecular weight excluding hydrogens is 332 g/mol. The van der Waals surface area contributed by atoms with Crippen LogP contribution in [0.2, 0.25) is 0 Å². The molecule has 1 saturated heterocycles. The molecule has 0 bridgehead atoms. The second kappa shape index (κ2) is 7.70. The zero-order chi connectivity index (χ0) is 18.7. The van der Waals surface area contributed by atoms with E-state index in [1.54, 1.807) is 0 Å². The number of nitrogens with one attached hydrogen (secondary N) is 1. The Hall–Kier alpha value is -2.67. The van der Waals surface area contributed by atoms with Crippen molar-refractivity contribution in [1.82, 2.24) is 14.5 Å². The molecule has 7 nitrogen and oxygen atoms in total. The van der Waals surface area contributed by atoms with Crippen LogP contribution in [0.5, 0.6) is 0 Å². The first-order valence-electron chi connectivity index (χ1n) is 8.97. The molecule has 0 amide bonds. The number of anilines is 1. The van der Waals surface area contributed by atoms with Crippen LogP contribution in [-0.4, -0.2) is 33.3 Å². The van der Waals surface area contributed by atoms with Crippen molar-refractivity contribution in [3.8, 4) is 0 Å². The van der Waals surface area contributed by atoms with Gasteiger partial charge in [-0.15, -0.1) is 0 Å². The van der Waals surface area contributed by atoms with Gasteiger partial charge in [0.1, 0.15) is 11.4 Å². The van der Waals surface area contributed by atoms with E-state index < -0.39 is 11.2 Å². The summed E-state index contributed by atoms with van der Waals surface area (Å²) in [5.41, 5.74) is 5.76. The summed E-state index contributed by atoms with van der Waals surface area (Å²) in [6.45, 7) is 3.15. The van der Waals surface area contributed by atoms with Crippen LogP contribution in [0.1, 0.15) is 48.1 Å². The van der Waals surface area contributed by atoms with Gasteiger partial charge in [-0.25, -0.2) is 4.79 Å². The molecule has 0 radical (unpaired) electrons. The molecule has 26 heavy (non-hydrogen) atoms. The Morgan fingerprint density at radius 1 is 1.27 bits per heavy atom. The smallest absolute Gasteiger partial charge is 0.329 e. The highest BCUT2D eigenvalue weighted by molar-refractivity contribution is 6.01. The lowest BCUT2D eigenvalue weighted by Gasteiger charge is -2.24. The number of hydrogen-bond acceptors (Lipinski definition) is 5. The molecule has 138 valence electrons. The van der Waals surface area contributed by atoms with Crippen molar-refractivity contribution in [2.24, 2.45) is 0 Å². The Morgan fingerprint density at radius 3 is 2.69 bits per heavy atom. The number of carbonyl (C=O) groups is 1. The molecular formula is C19H24N4O3. The molecule has 3 N–H and O–H groups in total. The number of Topliss-reactive ketones (excluding diaryl/α,β-unsaturated/α-hetero) is 1. The van der Waals surface area contributed by atoms with Crippen LogP contribution in [0.4, 0.5) is 5.82 Å². The van der Waals surface area contributed by atoms with E-state index in [1.807, 2.05) is 25.1 Å². The van der Waals surface area contributed by atoms with Gasteiger partial charge in [-0.3, -0.25) is 24.0 Å². The van der Waals surface area contributed by atoms with Gasteiger partial charge in [0.25, 0.3) is 5.56 Å². The standard InChI is InChI=1S/C19H24N4O3/c1-2-10-23-17(20)16(18(25)21-19(23)26)15(24)12-22-11-6-9-14(22)13-7-4-3-5-8-13/h3-5,7-8,14H,2,6,9-12,20H2,1H3,(H,21,25,26)/t14-/m0/s1. The van der Waals surface area contributed by atoms with E-state index in [9.17, 15) is 14.4 Å². The average Bonchev–Trinajstić information content (AvgIpc) is 3.07. The SMILES string of the molecule is CCCn1c(N)c(C(=O)CN2CCC[C@H]2c2ccccc2)c(=O)[nH]c1=O. The molecule has 1 fully saturated rings. The minimum absolute atomic E-state index is 0.0407. The van der Waals surface area contributed by atoms with Gasteiger partial charge in [0.15, 0.2) is 5.78 Å². The van der Waals surface area contributed by atoms with Gasteiger partial charge in [-0.05, 0) is 31.4 Å². The molecule has 1 aliphatic rings. The number of nitrogen functional groups attached to an aromatic ring is 1. The Labute approximate surface area is 151 Å². The van der Waals surface area contributed by atoms with Crippen molar-refractivity contribution < 1.29 is 4.79 Å². The van der Waals surface area contributed by atoms with E-state index in [-0.39, 0.29) is 29.8 Å². The third-order valence-corrected chi connectivity index (χ3v) is 4.86. The molecule has 1 aromatic carbocycles. The molecule has 2 aromatic rings. The zero-order valence-electron chi connectivity index (χ0n) is 14.9. The lowest BCUT2D eigenvalue weighted by molar-refractivity contribution is 0.0920. The van der Waals surface area contributed by atoms with Crippen LogP contribution in [0, 0.1) is 0 Å². The molecule has 1 atom stereocenters. The maximum atomic E-state index is 12.8. The van der Waals surface area contributed by atoms with Crippen molar-refractivity contribution in [3.05, 3.63) is 62.3 Å². The highest BCUT2D eigenvalue weighted by atomic mass is 16.2. The largest absolute Gasteiger partial charge is 0.384 e. The maximum absolute atomic E-state index is 12.8. The van der Waals surface area contributed by atoms with E-state index >= 15 is 0 Å². The fourth-order valence-corrected chi connectivity index (χ4v) is 3.63. The highest BCUT2D eigenvalue weighted by Gasteiger charge is 2.29. The van der Waals surface area contributed by atoms with Gasteiger partial charge in [-0.2, -0.15) is 0 Å². The van der Waals surface area contributed by atoms with Crippen LogP contribution in [0.25, 0.3) is 0 Å². The Bertz CT molecular complexity index is 901. The number of hydrogen-bond donors (Lipinski definition) is 2. The number of likely N-dealkylation sites (tertiary alicyclic amines) is 1. The quantitative estimate of drug-likeness (QED) is 0.765. The van der Waals surface area contributed by atoms with Crippen molar-refractivity contribution in [3.63, 3.8) is 0 Å². The molecule has 0 unspecified atom stereocenters. The lowest BCUT2D eigenvalue weighted by Crippen LogP contribution is -2.39. The van der Waals surface area contributed by atoms with E-state index in [0.717, 1.165) is 24.9 Å². The molecule has 7 heteroatoms. The normalized spacial score (nSPS) is 17.5. The Morgan fingerprint density at radius 2 is 2.00 bits per heavy atom. The van der Waals surface area contributed by atoms with Gasteiger partial charge in [0.05, 0.1) is 6.54 Å². The van der Waals surface area contributed by atoms with Gasteiger partial charge in [0.2, 0.25) is 0 Å². The molecule has 3 rings (SSSR count). The number of rotatable bonds is 6. The van der Waals surface area contributed by atoms with Crippen molar-refractivity contribution >= 4 is 11.6 Å². The number of nitrogens with two attached hydrogens (primary N) is 1. The molecule has 2 heterocycles. The monoisotopic (exact) mass is 356 g/mol. The van der Waals surface area contributed by atoms with Crippen molar-refractivity contribution in [1.29, 1.82) is 0 Å². The molecule has 0 saturated carbocycles. The summed E-state index contributed by atoms with van der Waals surface area (Å²) in [6, 6.07) is 10.2. The number of aromatic nitrogens is 2. The number of ketones is 1. The zero-order valence-corrected chi connectivity index (χ0v) is 14.9. The fraction of sp³-hybridized carbons (Fsp3) is 0.421. The Kier molecular flexibility index (Phi) is 5.37. The summed E-state index contributed by atoms with van der Waals surface area (Å²) < 4.78 is 1.26. The first kappa shape index (κ1) is 18.1. The summed E-state index contributed by atoms with van der Waals surface area (Å²) in [5.74, 6) is -0.391. The minimum Gasteiger partial charge on any atom is -0.384 e. The number of benzene rings is 1. The topological polar surface area (TPSA) is 101 Å². The predicted molar refractivity (Wildman–Crippen MR) is 100 cm³/mol. The molecule has 0 spiro atoms. The molecule has 0 aliphatic carbocycles. The third-order valence-electron chi connectivity index (χ3n) is 4.86. The van der Waals surface area contributed by atoms with Crippen LogP contribution in [0.15, 0.2) is 39.9 Å². The summed E-state index contributed by atoms with van der Waals surface area (Å²) in [7, 11) is 0. The fourth-order valence-electron chi connectivity index (χ4n) is 3.63. The number of nitrogens with zero attached hydrogens (tertiary/aromatic N) is 2. The predicted octanol–water partition coefficient (Wildman–Crippen LogP) is 1.55. The number of aromatic amines is 1. The summed E-state index contributed by atoms with van der Waals surface area (Å²) in [4.78, 5) is 41.2. The first-order chi connectivity index (χ1) is 12.5. The second-order valence-corrected chi connectivity index (χ2v) is 6.63. The number of H-pyrrole nitrogens is 1. The summed E-state index contributed by atoms with van der Waals surface area (Å²) in [5, 5.41) is 0. The van der Waals surface area contributed by atoms with Crippen LogP contribution in [0.3, 0.4) is 0 Å². The van der Waals surface area contributed by atoms with E-state index in [4.69, 9.17) is 5.73 Å².